The minimum Gasteiger partial charge on any atom is -0.481 e. The van der Waals surface area contributed by atoms with Crippen molar-refractivity contribution in [3.63, 3.8) is 0 Å². The van der Waals surface area contributed by atoms with E-state index in [1.807, 2.05) is 0 Å². The van der Waals surface area contributed by atoms with E-state index in [0.717, 1.165) is 0 Å². The van der Waals surface area contributed by atoms with Crippen molar-refractivity contribution < 1.29 is 19.4 Å². The number of carbonyl (C=O) groups excluding carboxylic acids is 1. The molecule has 0 saturated heterocycles. The van der Waals surface area contributed by atoms with Crippen molar-refractivity contribution >= 4 is 46.7 Å². The molecule has 0 unspecified atom stereocenters. The van der Waals surface area contributed by atoms with E-state index in [9.17, 15) is 9.59 Å². The monoisotopic (exact) mass is 234 g/mol. The van der Waals surface area contributed by atoms with Gasteiger partial charge < -0.3 is 9.84 Å². The number of carboxylic acid groups (broad SMARTS) is 1. The molecule has 0 amide bonds. The first-order chi connectivity index (χ1) is 5.31. The van der Waals surface area contributed by atoms with E-state index in [0.29, 0.717) is 0 Å². The maximum Gasteiger partial charge on any atom is 0.317 e. The molecule has 70 valence electrons. The van der Waals surface area contributed by atoms with Gasteiger partial charge in [-0.25, -0.2) is 0 Å². The van der Waals surface area contributed by atoms with Crippen LogP contribution in [0.5, 0.6) is 0 Å². The summed E-state index contributed by atoms with van der Waals surface area (Å²) in [5, 5.41) is 8.11. The lowest BCUT2D eigenvalue weighted by molar-refractivity contribution is -0.151. The molecule has 0 aromatic rings. The Labute approximate surface area is 83.3 Å². The molecule has 0 saturated carbocycles. The van der Waals surface area contributed by atoms with Gasteiger partial charge in [0, 0.05) is 0 Å². The molecular weight excluding hydrogens is 230 g/mol. The highest BCUT2D eigenvalue weighted by atomic mass is 35.6. The van der Waals surface area contributed by atoms with E-state index in [4.69, 9.17) is 39.9 Å². The molecular formula is C5H5Cl3O4. The van der Waals surface area contributed by atoms with Crippen molar-refractivity contribution in [2.24, 2.45) is 0 Å². The molecule has 1 N–H and O–H groups in total. The van der Waals surface area contributed by atoms with Crippen molar-refractivity contribution in [3.8, 4) is 0 Å². The van der Waals surface area contributed by atoms with E-state index >= 15 is 0 Å². The molecule has 0 bridgehead atoms. The zero-order valence-electron chi connectivity index (χ0n) is 5.72. The second-order valence-electron chi connectivity index (χ2n) is 1.85. The van der Waals surface area contributed by atoms with Crippen LogP contribution in [-0.2, 0) is 14.3 Å². The van der Waals surface area contributed by atoms with Crippen LogP contribution in [0, 0.1) is 0 Å². The van der Waals surface area contributed by atoms with Gasteiger partial charge in [0.05, 0.1) is 0 Å². The molecule has 0 spiro atoms. The van der Waals surface area contributed by atoms with Crippen molar-refractivity contribution in [1.29, 1.82) is 0 Å². The fourth-order valence-corrected chi connectivity index (χ4v) is 0.500. The average Bonchev–Trinajstić information content (AvgIpc) is 1.80. The number of ether oxygens (including phenoxy) is 1. The van der Waals surface area contributed by atoms with E-state index in [1.54, 1.807) is 0 Å². The molecule has 0 aliphatic carbocycles. The Bertz CT molecular complexity index is 186. The van der Waals surface area contributed by atoms with Crippen LogP contribution >= 0.6 is 34.8 Å². The summed E-state index contributed by atoms with van der Waals surface area (Å²) in [5.41, 5.74) is 0. The predicted octanol–water partition coefficient (Wildman–Crippen LogP) is 1.37. The smallest absolute Gasteiger partial charge is 0.317 e. The quantitative estimate of drug-likeness (QED) is 0.456. The first-order valence-corrected chi connectivity index (χ1v) is 3.89. The molecule has 0 aromatic heterocycles. The van der Waals surface area contributed by atoms with Crippen LogP contribution in [-0.4, -0.2) is 27.4 Å². The molecule has 0 aliphatic heterocycles. The van der Waals surface area contributed by atoms with E-state index in [1.165, 1.54) is 0 Å². The number of alkyl halides is 3. The van der Waals surface area contributed by atoms with Crippen LogP contribution in [0.3, 0.4) is 0 Å². The molecule has 0 fully saturated rings. The molecule has 0 radical (unpaired) electrons. The Hall–Kier alpha value is -0.190. The van der Waals surface area contributed by atoms with Gasteiger partial charge in [-0.05, 0) is 0 Å². The van der Waals surface area contributed by atoms with Gasteiger partial charge in [-0.3, -0.25) is 9.59 Å². The first-order valence-electron chi connectivity index (χ1n) is 2.75. The van der Waals surface area contributed by atoms with E-state index in [2.05, 4.69) is 4.74 Å². The van der Waals surface area contributed by atoms with Gasteiger partial charge in [0.25, 0.3) is 0 Å². The second kappa shape index (κ2) is 4.74. The summed E-state index contributed by atoms with van der Waals surface area (Å²) in [6.45, 7) is -0.455. The zero-order chi connectivity index (χ0) is 9.78. The number of esters is 1. The Morgan fingerprint density at radius 2 is 1.83 bits per heavy atom. The van der Waals surface area contributed by atoms with Gasteiger partial charge in [-0.15, -0.1) is 0 Å². The van der Waals surface area contributed by atoms with Gasteiger partial charge in [0.1, 0.15) is 13.0 Å². The summed E-state index contributed by atoms with van der Waals surface area (Å²) < 4.78 is 2.60. The average molecular weight is 235 g/mol. The Morgan fingerprint density at radius 3 is 2.17 bits per heavy atom. The fraction of sp³-hybridized carbons (Fsp3) is 0.600. The number of hydrogen-bond acceptors (Lipinski definition) is 3. The number of halogens is 3. The van der Waals surface area contributed by atoms with Gasteiger partial charge in [-0.1, -0.05) is 34.8 Å². The molecule has 7 heteroatoms. The topological polar surface area (TPSA) is 63.6 Å². The lowest BCUT2D eigenvalue weighted by atomic mass is 10.4. The maximum atomic E-state index is 10.5. The fourth-order valence-electron chi connectivity index (χ4n) is 0.337. The lowest BCUT2D eigenvalue weighted by Gasteiger charge is -2.09. The largest absolute Gasteiger partial charge is 0.481 e. The van der Waals surface area contributed by atoms with Gasteiger partial charge in [-0.2, -0.15) is 0 Å². The van der Waals surface area contributed by atoms with Crippen LogP contribution < -0.4 is 0 Å². The highest BCUT2D eigenvalue weighted by Gasteiger charge is 2.22. The van der Waals surface area contributed by atoms with Crippen LogP contribution in [0.1, 0.15) is 6.42 Å². The van der Waals surface area contributed by atoms with Crippen LogP contribution in [0.15, 0.2) is 0 Å². The summed E-state index contributed by atoms with van der Waals surface area (Å²) in [5.74, 6) is -2.22. The minimum absolute atomic E-state index is 0.455. The third-order valence-electron chi connectivity index (χ3n) is 0.692. The summed E-state index contributed by atoms with van der Waals surface area (Å²) in [6.07, 6.45) is -0.735. The van der Waals surface area contributed by atoms with Gasteiger partial charge in [0.15, 0.2) is 0 Å². The van der Waals surface area contributed by atoms with Crippen molar-refractivity contribution in [3.05, 3.63) is 0 Å². The summed E-state index contributed by atoms with van der Waals surface area (Å²) in [4.78, 5) is 20.5. The number of rotatable bonds is 3. The number of hydrogen-bond donors (Lipinski definition) is 1. The SMILES string of the molecule is O=C(O)CC(=O)OCC(Cl)(Cl)Cl. The Morgan fingerprint density at radius 1 is 1.33 bits per heavy atom. The highest BCUT2D eigenvalue weighted by molar-refractivity contribution is 6.67. The first kappa shape index (κ1) is 11.8. The third kappa shape index (κ3) is 7.91. The maximum absolute atomic E-state index is 10.5. The number of carbonyl (C=O) groups is 2. The Kier molecular flexibility index (Phi) is 4.67. The molecule has 0 heterocycles. The van der Waals surface area contributed by atoms with Gasteiger partial charge >= 0.3 is 11.9 Å². The van der Waals surface area contributed by atoms with E-state index in [-0.39, 0.29) is 0 Å². The lowest BCUT2D eigenvalue weighted by Crippen LogP contribution is -2.19. The molecule has 0 rings (SSSR count). The van der Waals surface area contributed by atoms with Crippen molar-refractivity contribution in [2.75, 3.05) is 6.61 Å². The molecule has 12 heavy (non-hydrogen) atoms. The molecule has 0 aliphatic rings. The molecule has 4 nitrogen and oxygen atoms in total. The van der Waals surface area contributed by atoms with Crippen molar-refractivity contribution in [1.82, 2.24) is 0 Å². The molecule has 0 aromatic carbocycles. The second-order valence-corrected chi connectivity index (χ2v) is 4.36. The summed E-state index contributed by atoms with van der Waals surface area (Å²) in [6, 6.07) is 0. The minimum atomic E-state index is -1.70. The summed E-state index contributed by atoms with van der Waals surface area (Å²) in [7, 11) is 0. The van der Waals surface area contributed by atoms with E-state index < -0.39 is 28.8 Å². The van der Waals surface area contributed by atoms with Crippen LogP contribution in [0.25, 0.3) is 0 Å². The standard InChI is InChI=1S/C5H5Cl3O4/c6-5(7,8)2-12-4(11)1-3(9)10/h1-2H2,(H,9,10). The van der Waals surface area contributed by atoms with Crippen molar-refractivity contribution in [2.45, 2.75) is 10.2 Å². The van der Waals surface area contributed by atoms with Crippen LogP contribution in [0.4, 0.5) is 0 Å². The van der Waals surface area contributed by atoms with Gasteiger partial charge in [0.2, 0.25) is 3.79 Å². The highest BCUT2D eigenvalue weighted by Crippen LogP contribution is 2.25. The third-order valence-corrected chi connectivity index (χ3v) is 1.02. The number of aliphatic carboxylic acids is 1. The number of carboxylic acids is 1. The molecule has 0 atom stereocenters. The Balaban J connectivity index is 3.65. The zero-order valence-corrected chi connectivity index (χ0v) is 7.99. The summed E-state index contributed by atoms with van der Waals surface area (Å²) >= 11 is 15.7. The normalized spacial score (nSPS) is 10.9. The van der Waals surface area contributed by atoms with Crippen LogP contribution in [0.2, 0.25) is 0 Å². The predicted molar refractivity (Wildman–Crippen MR) is 43.5 cm³/mol.